The molecule has 0 fully saturated rings. The maximum Gasteiger partial charge on any atom is 0.251 e. The summed E-state index contributed by atoms with van der Waals surface area (Å²) in [7, 11) is 1.59. The number of nitrogens with one attached hydrogen (secondary N) is 2. The predicted octanol–water partition coefficient (Wildman–Crippen LogP) is 4.52. The molecule has 4 aromatic rings. The fourth-order valence-corrected chi connectivity index (χ4v) is 3.91. The van der Waals surface area contributed by atoms with Crippen LogP contribution in [0.15, 0.2) is 103 Å². The number of carbonyl (C=O) groups is 2. The molecule has 2 N–H and O–H groups in total. The largest absolute Gasteiger partial charge is 0.357 e. The van der Waals surface area contributed by atoms with Crippen LogP contribution in [0.3, 0.4) is 0 Å². The molecule has 31 heavy (non-hydrogen) atoms. The van der Waals surface area contributed by atoms with Gasteiger partial charge in [-0.05, 0) is 34.0 Å². The molecule has 2 amide bonds. The van der Waals surface area contributed by atoms with E-state index in [2.05, 4.69) is 10.6 Å². The van der Waals surface area contributed by atoms with Gasteiger partial charge in [0.05, 0.1) is 0 Å². The first-order chi connectivity index (χ1) is 15.2. The number of carbonyl (C=O) groups excluding carboxylic acids is 2. The van der Waals surface area contributed by atoms with Gasteiger partial charge in [0, 0.05) is 18.5 Å². The summed E-state index contributed by atoms with van der Waals surface area (Å²) in [4.78, 5) is 26.1. The molecule has 4 aromatic carbocycles. The summed E-state index contributed by atoms with van der Waals surface area (Å²) in [5.74, 6) is -0.852. The van der Waals surface area contributed by atoms with Crippen LogP contribution in [0, 0.1) is 0 Å². The van der Waals surface area contributed by atoms with Gasteiger partial charge in [0.25, 0.3) is 5.91 Å². The Balaban J connectivity index is 1.72. The third-order valence-corrected chi connectivity index (χ3v) is 5.48. The number of fused-ring (bicyclic) bond motifs is 1. The lowest BCUT2D eigenvalue weighted by atomic mass is 9.84. The molecule has 0 radical (unpaired) electrons. The van der Waals surface area contributed by atoms with Crippen molar-refractivity contribution in [3.05, 3.63) is 120 Å². The predicted molar refractivity (Wildman–Crippen MR) is 124 cm³/mol. The lowest BCUT2D eigenvalue weighted by Crippen LogP contribution is -2.49. The molecule has 0 heterocycles. The summed E-state index contributed by atoms with van der Waals surface area (Å²) in [6.07, 6.45) is 0. The van der Waals surface area contributed by atoms with E-state index >= 15 is 0 Å². The van der Waals surface area contributed by atoms with E-state index in [0.29, 0.717) is 5.56 Å². The minimum absolute atomic E-state index is 0.244. The van der Waals surface area contributed by atoms with Crippen molar-refractivity contribution >= 4 is 22.6 Å². The van der Waals surface area contributed by atoms with Crippen LogP contribution >= 0.6 is 0 Å². The van der Waals surface area contributed by atoms with Gasteiger partial charge in [-0.15, -0.1) is 0 Å². The normalized spacial score (nSPS) is 11.8. The van der Waals surface area contributed by atoms with Crippen LogP contribution < -0.4 is 10.6 Å². The molecule has 4 rings (SSSR count). The minimum atomic E-state index is -0.770. The van der Waals surface area contributed by atoms with E-state index < -0.39 is 6.04 Å². The standard InChI is InChI=1S/C27H24N2O2/c1-28-27(31)25(24(20-11-4-2-5-12-20)21-13-6-3-7-14-21)29-26(30)23-17-16-19-10-8-9-15-22(19)18-23/h2-18,24-25H,1H3,(H,28,31)(H,29,30). The first kappa shape index (κ1) is 20.4. The van der Waals surface area contributed by atoms with Gasteiger partial charge in [0.15, 0.2) is 0 Å². The smallest absolute Gasteiger partial charge is 0.251 e. The Morgan fingerprint density at radius 1 is 0.677 bits per heavy atom. The number of benzene rings is 4. The number of hydrogen-bond donors (Lipinski definition) is 2. The summed E-state index contributed by atoms with van der Waals surface area (Å²) in [6.45, 7) is 0. The van der Waals surface area contributed by atoms with Crippen LogP contribution in [0.5, 0.6) is 0 Å². The van der Waals surface area contributed by atoms with Crippen LogP contribution in [0.4, 0.5) is 0 Å². The van der Waals surface area contributed by atoms with Crippen molar-refractivity contribution in [1.82, 2.24) is 10.6 Å². The van der Waals surface area contributed by atoms with Crippen LogP contribution in [-0.4, -0.2) is 24.9 Å². The Kier molecular flexibility index (Phi) is 6.08. The lowest BCUT2D eigenvalue weighted by molar-refractivity contribution is -0.122. The van der Waals surface area contributed by atoms with E-state index in [1.807, 2.05) is 97.1 Å². The zero-order chi connectivity index (χ0) is 21.6. The number of hydrogen-bond acceptors (Lipinski definition) is 2. The Morgan fingerprint density at radius 2 is 1.23 bits per heavy atom. The van der Waals surface area contributed by atoms with Crippen LogP contribution in [-0.2, 0) is 4.79 Å². The lowest BCUT2D eigenvalue weighted by Gasteiger charge is -2.28. The van der Waals surface area contributed by atoms with Gasteiger partial charge in [-0.25, -0.2) is 0 Å². The highest BCUT2D eigenvalue weighted by Crippen LogP contribution is 2.29. The molecule has 154 valence electrons. The van der Waals surface area contributed by atoms with E-state index in [-0.39, 0.29) is 17.7 Å². The van der Waals surface area contributed by atoms with Crippen molar-refractivity contribution < 1.29 is 9.59 Å². The van der Waals surface area contributed by atoms with E-state index in [1.165, 1.54) is 0 Å². The van der Waals surface area contributed by atoms with Crippen LogP contribution in [0.25, 0.3) is 10.8 Å². The molecule has 0 aliphatic carbocycles. The molecular formula is C27H24N2O2. The summed E-state index contributed by atoms with van der Waals surface area (Å²) < 4.78 is 0. The summed E-state index contributed by atoms with van der Waals surface area (Å²) >= 11 is 0. The minimum Gasteiger partial charge on any atom is -0.357 e. The zero-order valence-electron chi connectivity index (χ0n) is 17.3. The molecule has 0 aliphatic heterocycles. The molecule has 1 atom stereocenters. The van der Waals surface area contributed by atoms with Crippen molar-refractivity contribution in [1.29, 1.82) is 0 Å². The van der Waals surface area contributed by atoms with Crippen molar-refractivity contribution in [2.75, 3.05) is 7.05 Å². The number of likely N-dealkylation sites (N-methyl/N-ethyl adjacent to an activating group) is 1. The Morgan fingerprint density at radius 3 is 1.81 bits per heavy atom. The second-order valence-electron chi connectivity index (χ2n) is 7.43. The highest BCUT2D eigenvalue weighted by molar-refractivity contribution is 6.01. The van der Waals surface area contributed by atoms with Gasteiger partial charge in [0.2, 0.25) is 5.91 Å². The molecule has 1 unspecified atom stereocenters. The number of amides is 2. The third kappa shape index (κ3) is 4.48. The molecule has 0 aliphatic rings. The Labute approximate surface area is 181 Å². The number of rotatable bonds is 6. The molecule has 0 spiro atoms. The van der Waals surface area contributed by atoms with Gasteiger partial charge in [-0.1, -0.05) is 91.0 Å². The van der Waals surface area contributed by atoms with Crippen molar-refractivity contribution in [3.8, 4) is 0 Å². The topological polar surface area (TPSA) is 58.2 Å². The monoisotopic (exact) mass is 408 g/mol. The molecule has 0 saturated heterocycles. The Hall–Kier alpha value is -3.92. The fourth-order valence-electron chi connectivity index (χ4n) is 3.91. The molecule has 0 aromatic heterocycles. The van der Waals surface area contributed by atoms with E-state index in [4.69, 9.17) is 0 Å². The highest BCUT2D eigenvalue weighted by Gasteiger charge is 2.32. The second-order valence-corrected chi connectivity index (χ2v) is 7.43. The highest BCUT2D eigenvalue weighted by atomic mass is 16.2. The molecule has 4 heteroatoms. The molecular weight excluding hydrogens is 384 g/mol. The van der Waals surface area contributed by atoms with Gasteiger partial charge in [-0.3, -0.25) is 9.59 Å². The summed E-state index contributed by atoms with van der Waals surface area (Å²) in [5.41, 5.74) is 2.44. The summed E-state index contributed by atoms with van der Waals surface area (Å²) in [6, 6.07) is 32.3. The van der Waals surface area contributed by atoms with E-state index in [1.54, 1.807) is 13.1 Å². The average Bonchev–Trinajstić information content (AvgIpc) is 2.84. The quantitative estimate of drug-likeness (QED) is 0.493. The fraction of sp³-hybridized carbons (Fsp3) is 0.111. The van der Waals surface area contributed by atoms with Gasteiger partial charge in [0.1, 0.15) is 6.04 Å². The maximum atomic E-state index is 13.2. The van der Waals surface area contributed by atoms with E-state index in [0.717, 1.165) is 21.9 Å². The molecule has 4 nitrogen and oxygen atoms in total. The average molecular weight is 409 g/mol. The maximum absolute atomic E-state index is 13.2. The third-order valence-electron chi connectivity index (χ3n) is 5.48. The first-order valence-corrected chi connectivity index (χ1v) is 10.3. The zero-order valence-corrected chi connectivity index (χ0v) is 17.3. The van der Waals surface area contributed by atoms with Gasteiger partial charge < -0.3 is 10.6 Å². The van der Waals surface area contributed by atoms with Gasteiger partial charge in [-0.2, -0.15) is 0 Å². The SMILES string of the molecule is CNC(=O)C(NC(=O)c1ccc2ccccc2c1)C(c1ccccc1)c1ccccc1. The van der Waals surface area contributed by atoms with Gasteiger partial charge >= 0.3 is 0 Å². The van der Waals surface area contributed by atoms with Crippen molar-refractivity contribution in [2.45, 2.75) is 12.0 Å². The summed E-state index contributed by atoms with van der Waals surface area (Å²) in [5, 5.41) is 7.76. The Bertz CT molecular complexity index is 1150. The second kappa shape index (κ2) is 9.26. The van der Waals surface area contributed by atoms with E-state index in [9.17, 15) is 9.59 Å². The van der Waals surface area contributed by atoms with Crippen LogP contribution in [0.2, 0.25) is 0 Å². The molecule has 0 saturated carbocycles. The van der Waals surface area contributed by atoms with Crippen molar-refractivity contribution in [2.24, 2.45) is 0 Å². The molecule has 0 bridgehead atoms. The van der Waals surface area contributed by atoms with Crippen molar-refractivity contribution in [3.63, 3.8) is 0 Å². The first-order valence-electron chi connectivity index (χ1n) is 10.3. The van der Waals surface area contributed by atoms with Crippen LogP contribution in [0.1, 0.15) is 27.4 Å².